The largest absolute Gasteiger partial charge is 0.462 e. The summed E-state index contributed by atoms with van der Waals surface area (Å²) in [4.78, 5) is 30.5. The number of nitriles is 2. The van der Waals surface area contributed by atoms with Gasteiger partial charge in [-0.15, -0.1) is 0 Å². The monoisotopic (exact) mass is 468 g/mol. The third-order valence-corrected chi connectivity index (χ3v) is 5.05. The standard InChI is InChI=1S/C27H24N4O4/c1-3-34-26(32)19(16-28)14-21-10-12-23(30-21)25(18-8-6-5-7-9-18)24-13-11-22(31-24)15-20(17-29)27(33)35-4-2/h5-15,25,30-31H,3-4H2,1-2H3. The Labute approximate surface area is 203 Å². The van der Waals surface area contributed by atoms with E-state index in [0.29, 0.717) is 11.4 Å². The molecule has 0 bridgehead atoms. The molecule has 2 heterocycles. The molecule has 0 amide bonds. The minimum absolute atomic E-state index is 0.105. The summed E-state index contributed by atoms with van der Waals surface area (Å²) in [5.41, 5.74) is 3.55. The third-order valence-electron chi connectivity index (χ3n) is 5.05. The van der Waals surface area contributed by atoms with Crippen molar-refractivity contribution in [2.45, 2.75) is 19.8 Å². The number of nitrogens with one attached hydrogen (secondary N) is 2. The number of rotatable bonds is 9. The van der Waals surface area contributed by atoms with Crippen molar-refractivity contribution in [1.82, 2.24) is 9.97 Å². The molecule has 2 aromatic heterocycles. The second kappa shape index (κ2) is 11.9. The quantitative estimate of drug-likeness (QED) is 0.271. The maximum atomic E-state index is 12.0. The molecule has 8 heteroatoms. The molecule has 1 aromatic carbocycles. The van der Waals surface area contributed by atoms with Crippen LogP contribution in [0.3, 0.4) is 0 Å². The average Bonchev–Trinajstić information content (AvgIpc) is 3.52. The molecule has 0 aliphatic heterocycles. The van der Waals surface area contributed by atoms with E-state index in [9.17, 15) is 20.1 Å². The van der Waals surface area contributed by atoms with Gasteiger partial charge < -0.3 is 19.4 Å². The lowest BCUT2D eigenvalue weighted by Crippen LogP contribution is -2.07. The van der Waals surface area contributed by atoms with Crippen LogP contribution >= 0.6 is 0 Å². The highest BCUT2D eigenvalue weighted by Crippen LogP contribution is 2.31. The highest BCUT2D eigenvalue weighted by Gasteiger charge is 2.21. The van der Waals surface area contributed by atoms with E-state index in [1.807, 2.05) is 54.6 Å². The van der Waals surface area contributed by atoms with E-state index in [2.05, 4.69) is 9.97 Å². The number of carbonyl (C=O) groups excluding carboxylic acids is 2. The van der Waals surface area contributed by atoms with Crippen LogP contribution in [0.4, 0.5) is 0 Å². The summed E-state index contributed by atoms with van der Waals surface area (Å²) in [6.07, 6.45) is 2.90. The van der Waals surface area contributed by atoms with Gasteiger partial charge in [-0.2, -0.15) is 10.5 Å². The van der Waals surface area contributed by atoms with E-state index >= 15 is 0 Å². The molecule has 0 spiro atoms. The van der Waals surface area contributed by atoms with E-state index in [1.165, 1.54) is 12.2 Å². The number of esters is 2. The molecule has 0 saturated heterocycles. The van der Waals surface area contributed by atoms with E-state index in [-0.39, 0.29) is 30.3 Å². The van der Waals surface area contributed by atoms with Gasteiger partial charge in [-0.25, -0.2) is 9.59 Å². The Hall–Kier alpha value is -4.82. The molecule has 0 fully saturated rings. The Morgan fingerprint density at radius 1 is 0.800 bits per heavy atom. The summed E-state index contributed by atoms with van der Waals surface area (Å²) >= 11 is 0. The Morgan fingerprint density at radius 2 is 1.26 bits per heavy atom. The molecule has 0 saturated carbocycles. The van der Waals surface area contributed by atoms with Gasteiger partial charge in [0.2, 0.25) is 0 Å². The van der Waals surface area contributed by atoms with Gasteiger partial charge in [-0.3, -0.25) is 0 Å². The first-order valence-corrected chi connectivity index (χ1v) is 11.0. The molecule has 35 heavy (non-hydrogen) atoms. The van der Waals surface area contributed by atoms with Crippen LogP contribution in [0.15, 0.2) is 65.7 Å². The van der Waals surface area contributed by atoms with Crippen LogP contribution in [0.1, 0.15) is 48.1 Å². The zero-order valence-corrected chi connectivity index (χ0v) is 19.4. The number of H-pyrrole nitrogens is 2. The van der Waals surface area contributed by atoms with Crippen LogP contribution in [0.5, 0.6) is 0 Å². The van der Waals surface area contributed by atoms with Gasteiger partial charge in [0, 0.05) is 22.8 Å². The maximum Gasteiger partial charge on any atom is 0.348 e. The molecule has 3 aromatic rings. The van der Waals surface area contributed by atoms with Crippen LogP contribution in [0.25, 0.3) is 12.2 Å². The van der Waals surface area contributed by atoms with Gasteiger partial charge in [-0.1, -0.05) is 30.3 Å². The van der Waals surface area contributed by atoms with Gasteiger partial charge in [0.1, 0.15) is 23.3 Å². The Bertz CT molecular complexity index is 1250. The lowest BCUT2D eigenvalue weighted by atomic mass is 9.93. The fourth-order valence-corrected chi connectivity index (χ4v) is 3.54. The van der Waals surface area contributed by atoms with Crippen molar-refractivity contribution in [3.63, 3.8) is 0 Å². The molecular formula is C27H24N4O4. The highest BCUT2D eigenvalue weighted by atomic mass is 16.5. The second-order valence-corrected chi connectivity index (χ2v) is 7.36. The Kier molecular flexibility index (Phi) is 8.42. The van der Waals surface area contributed by atoms with Gasteiger partial charge >= 0.3 is 11.9 Å². The first kappa shape index (κ1) is 24.8. The lowest BCUT2D eigenvalue weighted by molar-refractivity contribution is -0.138. The zero-order chi connectivity index (χ0) is 25.2. The van der Waals surface area contributed by atoms with Gasteiger partial charge in [0.15, 0.2) is 0 Å². The number of hydrogen-bond acceptors (Lipinski definition) is 6. The fraction of sp³-hybridized carbons (Fsp3) is 0.185. The molecule has 3 rings (SSSR count). The molecular weight excluding hydrogens is 444 g/mol. The van der Waals surface area contributed by atoms with Crippen molar-refractivity contribution >= 4 is 24.1 Å². The van der Waals surface area contributed by atoms with Gasteiger partial charge in [0.25, 0.3) is 0 Å². The lowest BCUT2D eigenvalue weighted by Gasteiger charge is -2.15. The number of nitrogens with zero attached hydrogens (tertiary/aromatic N) is 2. The number of carbonyl (C=O) groups is 2. The zero-order valence-electron chi connectivity index (χ0n) is 19.4. The predicted molar refractivity (Wildman–Crippen MR) is 129 cm³/mol. The first-order valence-electron chi connectivity index (χ1n) is 11.0. The van der Waals surface area contributed by atoms with Crippen LogP contribution in [-0.4, -0.2) is 35.1 Å². The Morgan fingerprint density at radius 3 is 1.66 bits per heavy atom. The van der Waals surface area contributed by atoms with E-state index in [4.69, 9.17) is 9.47 Å². The van der Waals surface area contributed by atoms with Crippen LogP contribution < -0.4 is 0 Å². The van der Waals surface area contributed by atoms with Gasteiger partial charge in [-0.05, 0) is 55.8 Å². The topological polar surface area (TPSA) is 132 Å². The van der Waals surface area contributed by atoms with E-state index < -0.39 is 11.9 Å². The molecule has 0 aliphatic rings. The van der Waals surface area contributed by atoms with Crippen molar-refractivity contribution in [3.8, 4) is 12.1 Å². The molecule has 0 radical (unpaired) electrons. The number of ether oxygens (including phenoxy) is 2. The van der Waals surface area contributed by atoms with Crippen LogP contribution in [0.2, 0.25) is 0 Å². The summed E-state index contributed by atoms with van der Waals surface area (Å²) in [6.45, 7) is 3.71. The van der Waals surface area contributed by atoms with Crippen molar-refractivity contribution in [3.05, 3.63) is 94.1 Å². The van der Waals surface area contributed by atoms with Crippen molar-refractivity contribution < 1.29 is 19.1 Å². The minimum atomic E-state index is -0.679. The number of aromatic nitrogens is 2. The third kappa shape index (κ3) is 6.16. The van der Waals surface area contributed by atoms with Crippen molar-refractivity contribution in [2.75, 3.05) is 13.2 Å². The summed E-state index contributed by atoms with van der Waals surface area (Å²) in [5, 5.41) is 18.6. The van der Waals surface area contributed by atoms with Gasteiger partial charge in [0.05, 0.1) is 19.1 Å². The van der Waals surface area contributed by atoms with Crippen molar-refractivity contribution in [2.24, 2.45) is 0 Å². The maximum absolute atomic E-state index is 12.0. The summed E-state index contributed by atoms with van der Waals surface area (Å²) in [5.74, 6) is -1.61. The number of hydrogen-bond donors (Lipinski definition) is 2. The minimum Gasteiger partial charge on any atom is -0.462 e. The highest BCUT2D eigenvalue weighted by molar-refractivity contribution is 5.98. The molecule has 2 N–H and O–H groups in total. The molecule has 8 nitrogen and oxygen atoms in total. The Balaban J connectivity index is 2.00. The summed E-state index contributed by atoms with van der Waals surface area (Å²) in [6, 6.07) is 20.8. The average molecular weight is 469 g/mol. The molecule has 0 unspecified atom stereocenters. The van der Waals surface area contributed by atoms with Crippen LogP contribution in [-0.2, 0) is 19.1 Å². The molecule has 176 valence electrons. The fourth-order valence-electron chi connectivity index (χ4n) is 3.54. The SMILES string of the molecule is CCOC(=O)C(C#N)=Cc1ccc(C(c2ccccc2)c2ccc(C=C(C#N)C(=O)OCC)[nH]2)[nH]1. The molecule has 0 atom stereocenters. The number of benzene rings is 1. The summed E-state index contributed by atoms with van der Waals surface area (Å²) in [7, 11) is 0. The first-order chi connectivity index (χ1) is 17.0. The smallest absolute Gasteiger partial charge is 0.348 e. The van der Waals surface area contributed by atoms with Crippen molar-refractivity contribution in [1.29, 1.82) is 10.5 Å². The van der Waals surface area contributed by atoms with Crippen LogP contribution in [0, 0.1) is 22.7 Å². The second-order valence-electron chi connectivity index (χ2n) is 7.36. The summed E-state index contributed by atoms with van der Waals surface area (Å²) < 4.78 is 9.85. The molecule has 0 aliphatic carbocycles. The van der Waals surface area contributed by atoms with E-state index in [0.717, 1.165) is 17.0 Å². The normalized spacial score (nSPS) is 12.3. The van der Waals surface area contributed by atoms with E-state index in [1.54, 1.807) is 26.0 Å². The number of aromatic amines is 2. The predicted octanol–water partition coefficient (Wildman–Crippen LogP) is 4.46.